The average molecular weight is 649 g/mol. The first-order chi connectivity index (χ1) is 29.0. The largest absolute Gasteiger partial charge is 0.310 e. The molecule has 0 bridgehead atoms. The molecule has 1 aromatic heterocycles. The zero-order valence-corrected chi connectivity index (χ0v) is 26.8. The number of hydrogen-bond donors (Lipinski definition) is 0. The van der Waals surface area contributed by atoms with E-state index in [1.165, 1.54) is 6.07 Å². The Morgan fingerprint density at radius 2 is 0.940 bits per heavy atom. The van der Waals surface area contributed by atoms with E-state index in [0.717, 1.165) is 50.0 Å². The van der Waals surface area contributed by atoms with Gasteiger partial charge in [-0.1, -0.05) is 145 Å². The Morgan fingerprint density at radius 3 is 1.58 bits per heavy atom. The van der Waals surface area contributed by atoms with Crippen LogP contribution in [-0.2, 0) is 0 Å². The molecule has 8 aromatic carbocycles. The number of benzene rings is 8. The maximum absolute atomic E-state index is 8.90. The van der Waals surface area contributed by atoms with Crippen LogP contribution in [0.15, 0.2) is 206 Å². The molecule has 0 radical (unpaired) electrons. The van der Waals surface area contributed by atoms with Crippen LogP contribution >= 0.6 is 0 Å². The van der Waals surface area contributed by atoms with Crippen molar-refractivity contribution >= 4 is 38.9 Å². The molecule has 0 aliphatic carbocycles. The van der Waals surface area contributed by atoms with Gasteiger partial charge >= 0.3 is 0 Å². The molecular formula is C48H34N2. The van der Waals surface area contributed by atoms with E-state index in [4.69, 9.17) is 13.7 Å². The summed E-state index contributed by atoms with van der Waals surface area (Å²) in [6, 6.07) is 42.8. The van der Waals surface area contributed by atoms with Crippen molar-refractivity contribution in [3.8, 4) is 39.1 Å². The lowest BCUT2D eigenvalue weighted by Gasteiger charge is -2.27. The second-order valence-corrected chi connectivity index (χ2v) is 11.9. The van der Waals surface area contributed by atoms with Gasteiger partial charge in [0.25, 0.3) is 0 Å². The molecule has 2 heteroatoms. The van der Waals surface area contributed by atoms with Crippen molar-refractivity contribution < 1.29 is 13.7 Å². The molecule has 0 atom stereocenters. The predicted molar refractivity (Wildman–Crippen MR) is 212 cm³/mol. The SMILES string of the molecule is [2H]c1c([2H])c([2H])c(-c2cc(-c3c([2H])c([2H])c([2H])c([2H])c3[2H])cc(-n3c4ccccc4c4ccc(-c5ccccc5N(c5ccccc5)c5ccccc5)cc43)c2)c([2H])c1[2H]. The number of anilines is 3. The highest BCUT2D eigenvalue weighted by Gasteiger charge is 2.19. The van der Waals surface area contributed by atoms with E-state index in [9.17, 15) is 0 Å². The van der Waals surface area contributed by atoms with E-state index in [-0.39, 0.29) is 22.3 Å². The number of hydrogen-bond acceptors (Lipinski definition) is 1. The summed E-state index contributed by atoms with van der Waals surface area (Å²) in [7, 11) is 0. The van der Waals surface area contributed by atoms with Crippen molar-refractivity contribution in [2.24, 2.45) is 0 Å². The van der Waals surface area contributed by atoms with Gasteiger partial charge in [0, 0.05) is 33.4 Å². The maximum atomic E-state index is 8.90. The Kier molecular flexibility index (Phi) is 5.27. The van der Waals surface area contributed by atoms with Crippen molar-refractivity contribution in [2.75, 3.05) is 4.90 Å². The highest BCUT2D eigenvalue weighted by molar-refractivity contribution is 6.10. The molecule has 50 heavy (non-hydrogen) atoms. The standard InChI is InChI=1S/C48H34N2/c1-5-17-35(18-6-1)38-31-39(36-19-7-2-8-20-36)33-42(32-38)50-47-28-16-14-26-44(47)45-30-29-37(34-48(45)50)43-25-13-15-27-46(43)49(40-21-9-3-10-22-40)41-23-11-4-12-24-41/h1-34H/i1D,2D,5D,6D,7D,8D,17D,18D,19D,20D. The smallest absolute Gasteiger partial charge is 0.0629 e. The molecule has 0 aliphatic heterocycles. The van der Waals surface area contributed by atoms with Gasteiger partial charge in [-0.25, -0.2) is 0 Å². The molecule has 0 amide bonds. The summed E-state index contributed by atoms with van der Waals surface area (Å²) in [4.78, 5) is 2.21. The van der Waals surface area contributed by atoms with E-state index in [0.29, 0.717) is 5.69 Å². The Bertz CT molecular complexity index is 2980. The molecule has 0 aliphatic rings. The third kappa shape index (κ3) is 5.34. The molecule has 9 rings (SSSR count). The first kappa shape index (κ1) is 20.7. The number of rotatable bonds is 7. The summed E-state index contributed by atoms with van der Waals surface area (Å²) in [5.41, 5.74) is 7.16. The Morgan fingerprint density at radius 1 is 0.400 bits per heavy atom. The van der Waals surface area contributed by atoms with E-state index in [1.807, 2.05) is 77.4 Å². The molecule has 0 unspecified atom stereocenters. The van der Waals surface area contributed by atoms with Gasteiger partial charge in [-0.05, 0) is 88.5 Å². The van der Waals surface area contributed by atoms with Gasteiger partial charge in [0.05, 0.1) is 30.4 Å². The second-order valence-electron chi connectivity index (χ2n) is 11.9. The molecule has 2 nitrogen and oxygen atoms in total. The van der Waals surface area contributed by atoms with Gasteiger partial charge in [-0.15, -0.1) is 0 Å². The van der Waals surface area contributed by atoms with Crippen LogP contribution < -0.4 is 4.90 Å². The van der Waals surface area contributed by atoms with Crippen LogP contribution in [0, 0.1) is 0 Å². The van der Waals surface area contributed by atoms with Crippen LogP contribution in [0.2, 0.25) is 0 Å². The Hall–Kier alpha value is -6.64. The summed E-state index contributed by atoms with van der Waals surface area (Å²) in [5, 5.41) is 1.85. The first-order valence-corrected chi connectivity index (χ1v) is 16.3. The summed E-state index contributed by atoms with van der Waals surface area (Å²) >= 11 is 0. The summed E-state index contributed by atoms with van der Waals surface area (Å²) < 4.78 is 88.0. The van der Waals surface area contributed by atoms with Crippen molar-refractivity contribution in [1.82, 2.24) is 4.57 Å². The zero-order chi connectivity index (χ0) is 42.0. The van der Waals surface area contributed by atoms with Crippen LogP contribution in [0.4, 0.5) is 17.1 Å². The lowest BCUT2D eigenvalue weighted by atomic mass is 9.97. The van der Waals surface area contributed by atoms with E-state index in [2.05, 4.69) is 59.5 Å². The fourth-order valence-corrected chi connectivity index (χ4v) is 6.73. The molecule has 0 saturated carbocycles. The number of aromatic nitrogens is 1. The fraction of sp³-hybridized carbons (Fsp3) is 0. The van der Waals surface area contributed by atoms with Gasteiger partial charge in [0.1, 0.15) is 0 Å². The third-order valence-corrected chi connectivity index (χ3v) is 8.91. The average Bonchev–Trinajstić information content (AvgIpc) is 3.61. The second kappa shape index (κ2) is 12.8. The predicted octanol–water partition coefficient (Wildman–Crippen LogP) is 13.3. The lowest BCUT2D eigenvalue weighted by Crippen LogP contribution is -2.10. The minimum atomic E-state index is -0.538. The van der Waals surface area contributed by atoms with Crippen LogP contribution in [0.1, 0.15) is 13.7 Å². The Labute approximate surface area is 306 Å². The fourth-order valence-electron chi connectivity index (χ4n) is 6.73. The zero-order valence-electron chi connectivity index (χ0n) is 36.8. The quantitative estimate of drug-likeness (QED) is 0.167. The van der Waals surface area contributed by atoms with Crippen LogP contribution in [0.25, 0.3) is 60.9 Å². The van der Waals surface area contributed by atoms with Crippen LogP contribution in [0.3, 0.4) is 0 Å². The number of fused-ring (bicyclic) bond motifs is 3. The topological polar surface area (TPSA) is 8.17 Å². The van der Waals surface area contributed by atoms with Crippen molar-refractivity contribution in [2.45, 2.75) is 0 Å². The highest BCUT2D eigenvalue weighted by Crippen LogP contribution is 2.43. The maximum Gasteiger partial charge on any atom is 0.0629 e. The summed E-state index contributed by atoms with van der Waals surface area (Å²) in [6.07, 6.45) is 0. The normalized spacial score (nSPS) is 14.0. The molecule has 0 spiro atoms. The minimum absolute atomic E-state index is 0.0752. The number of para-hydroxylation sites is 4. The molecule has 1 heterocycles. The third-order valence-electron chi connectivity index (χ3n) is 8.91. The van der Waals surface area contributed by atoms with E-state index < -0.39 is 60.4 Å². The van der Waals surface area contributed by atoms with Crippen molar-refractivity contribution in [3.05, 3.63) is 206 Å². The minimum Gasteiger partial charge on any atom is -0.310 e. The van der Waals surface area contributed by atoms with Crippen LogP contribution in [0.5, 0.6) is 0 Å². The van der Waals surface area contributed by atoms with Gasteiger partial charge in [0.2, 0.25) is 0 Å². The molecule has 0 saturated heterocycles. The van der Waals surface area contributed by atoms with Crippen molar-refractivity contribution in [1.29, 1.82) is 0 Å². The van der Waals surface area contributed by atoms with Gasteiger partial charge in [-0.2, -0.15) is 0 Å². The van der Waals surface area contributed by atoms with E-state index in [1.54, 1.807) is 12.1 Å². The lowest BCUT2D eigenvalue weighted by molar-refractivity contribution is 1.18. The van der Waals surface area contributed by atoms with Gasteiger partial charge in [-0.3, -0.25) is 0 Å². The molecule has 0 N–H and O–H groups in total. The van der Waals surface area contributed by atoms with Crippen molar-refractivity contribution in [3.63, 3.8) is 0 Å². The molecule has 0 fully saturated rings. The molecular weight excluding hydrogens is 605 g/mol. The first-order valence-electron chi connectivity index (χ1n) is 21.3. The summed E-state index contributed by atoms with van der Waals surface area (Å²) in [6.45, 7) is 0. The monoisotopic (exact) mass is 648 g/mol. The van der Waals surface area contributed by atoms with E-state index >= 15 is 0 Å². The van der Waals surface area contributed by atoms with Gasteiger partial charge < -0.3 is 9.47 Å². The number of nitrogens with zero attached hydrogens (tertiary/aromatic N) is 2. The highest BCUT2D eigenvalue weighted by atomic mass is 15.1. The van der Waals surface area contributed by atoms with Gasteiger partial charge in [0.15, 0.2) is 0 Å². The molecule has 9 aromatic rings. The molecule has 236 valence electrons. The Balaban J connectivity index is 1.35. The summed E-state index contributed by atoms with van der Waals surface area (Å²) in [5.74, 6) is 0. The van der Waals surface area contributed by atoms with Crippen LogP contribution in [-0.4, -0.2) is 4.57 Å².